The van der Waals surface area contributed by atoms with Crippen molar-refractivity contribution in [2.75, 3.05) is 33.3 Å². The van der Waals surface area contributed by atoms with Crippen LogP contribution in [0.3, 0.4) is 0 Å². The fraction of sp³-hybridized carbons (Fsp3) is 0.440. The molecule has 2 heterocycles. The molecular formula is C25H30ClN3O3. The summed E-state index contributed by atoms with van der Waals surface area (Å²) in [5.41, 5.74) is 1.59. The van der Waals surface area contributed by atoms with Crippen molar-refractivity contribution in [3.8, 4) is 5.75 Å². The number of methoxy groups -OCH3 is 1. The van der Waals surface area contributed by atoms with E-state index in [4.69, 9.17) is 16.3 Å². The Balaban J connectivity index is 1.46. The van der Waals surface area contributed by atoms with Gasteiger partial charge in [0.2, 0.25) is 5.91 Å². The maximum absolute atomic E-state index is 13.3. The third kappa shape index (κ3) is 4.92. The Bertz CT molecular complexity index is 947. The molecule has 6 nitrogen and oxygen atoms in total. The van der Waals surface area contributed by atoms with Gasteiger partial charge >= 0.3 is 0 Å². The number of nitrogens with zero attached hydrogens (tertiary/aromatic N) is 2. The lowest BCUT2D eigenvalue weighted by Crippen LogP contribution is -2.48. The van der Waals surface area contributed by atoms with Gasteiger partial charge in [0.15, 0.2) is 0 Å². The molecule has 2 amide bonds. The van der Waals surface area contributed by atoms with Crippen molar-refractivity contribution < 1.29 is 14.3 Å². The molecule has 0 unspecified atom stereocenters. The molecule has 32 heavy (non-hydrogen) atoms. The zero-order valence-electron chi connectivity index (χ0n) is 18.4. The highest BCUT2D eigenvalue weighted by molar-refractivity contribution is 6.31. The predicted octanol–water partition coefficient (Wildman–Crippen LogP) is 3.91. The fourth-order valence-corrected chi connectivity index (χ4v) is 4.96. The number of likely N-dealkylation sites (tertiary alicyclic amines) is 2. The van der Waals surface area contributed by atoms with E-state index in [0.29, 0.717) is 35.8 Å². The van der Waals surface area contributed by atoms with Crippen LogP contribution in [0, 0.1) is 0 Å². The molecule has 2 saturated heterocycles. The highest BCUT2D eigenvalue weighted by Crippen LogP contribution is 2.28. The van der Waals surface area contributed by atoms with Crippen LogP contribution in [0.15, 0.2) is 48.5 Å². The molecule has 1 N–H and O–H groups in total. The maximum Gasteiger partial charge on any atom is 0.258 e. The van der Waals surface area contributed by atoms with Gasteiger partial charge in [-0.25, -0.2) is 0 Å². The first-order valence-electron chi connectivity index (χ1n) is 11.3. The van der Waals surface area contributed by atoms with Crippen LogP contribution in [0.25, 0.3) is 0 Å². The minimum absolute atomic E-state index is 0.100. The van der Waals surface area contributed by atoms with Crippen molar-refractivity contribution in [3.05, 3.63) is 64.7 Å². The number of hydrogen-bond acceptors (Lipinski definition) is 4. The van der Waals surface area contributed by atoms with Crippen LogP contribution in [0.5, 0.6) is 5.75 Å². The van der Waals surface area contributed by atoms with Crippen molar-refractivity contribution in [2.24, 2.45) is 0 Å². The van der Waals surface area contributed by atoms with E-state index >= 15 is 0 Å². The third-order valence-electron chi connectivity index (χ3n) is 6.44. The summed E-state index contributed by atoms with van der Waals surface area (Å²) in [6.45, 7) is 3.15. The minimum atomic E-state index is -0.485. The van der Waals surface area contributed by atoms with Crippen LogP contribution < -0.4 is 10.1 Å². The van der Waals surface area contributed by atoms with Gasteiger partial charge in [0, 0.05) is 18.1 Å². The van der Waals surface area contributed by atoms with E-state index < -0.39 is 6.04 Å². The second-order valence-electron chi connectivity index (χ2n) is 8.42. The largest absolute Gasteiger partial charge is 0.496 e. The number of carbonyl (C=O) groups is 2. The van der Waals surface area contributed by atoms with Crippen molar-refractivity contribution >= 4 is 23.4 Å². The number of amides is 2. The van der Waals surface area contributed by atoms with E-state index in [9.17, 15) is 9.59 Å². The molecule has 0 bridgehead atoms. The van der Waals surface area contributed by atoms with Crippen LogP contribution in [-0.2, 0) is 4.79 Å². The Morgan fingerprint density at radius 2 is 1.84 bits per heavy atom. The Kier molecular flexibility index (Phi) is 7.33. The van der Waals surface area contributed by atoms with E-state index in [1.165, 1.54) is 25.5 Å². The molecule has 170 valence electrons. The molecule has 2 aromatic carbocycles. The van der Waals surface area contributed by atoms with Gasteiger partial charge in [-0.1, -0.05) is 41.9 Å². The van der Waals surface area contributed by atoms with Crippen LogP contribution in [0.1, 0.15) is 47.6 Å². The van der Waals surface area contributed by atoms with Gasteiger partial charge in [-0.05, 0) is 62.5 Å². The SMILES string of the molecule is COc1ccc(Cl)cc1C(=O)N1CCC[C@@H]1C(=O)NC[C@@H](c1ccccc1)N1CCCC1. The molecule has 4 rings (SSSR count). The Morgan fingerprint density at radius 1 is 1.09 bits per heavy atom. The summed E-state index contributed by atoms with van der Waals surface area (Å²) in [5.74, 6) is 0.141. The molecule has 2 aliphatic rings. The third-order valence-corrected chi connectivity index (χ3v) is 6.68. The summed E-state index contributed by atoms with van der Waals surface area (Å²) < 4.78 is 5.35. The zero-order valence-corrected chi connectivity index (χ0v) is 19.2. The average molecular weight is 456 g/mol. The first kappa shape index (κ1) is 22.6. The standard InChI is InChI=1S/C25H30ClN3O3/c1-32-23-12-11-19(26)16-20(23)25(31)29-15-7-10-21(29)24(30)27-17-22(28-13-5-6-14-28)18-8-3-2-4-9-18/h2-4,8-9,11-12,16,21-22H,5-7,10,13-15,17H2,1H3,(H,27,30)/t21-,22+/m1/s1. The van der Waals surface area contributed by atoms with E-state index in [2.05, 4.69) is 22.3 Å². The van der Waals surface area contributed by atoms with E-state index in [1.807, 2.05) is 18.2 Å². The quantitative estimate of drug-likeness (QED) is 0.687. The van der Waals surface area contributed by atoms with Gasteiger partial charge in [-0.3, -0.25) is 14.5 Å². The number of nitrogens with one attached hydrogen (secondary N) is 1. The lowest BCUT2D eigenvalue weighted by molar-refractivity contribution is -0.125. The van der Waals surface area contributed by atoms with Crippen molar-refractivity contribution in [1.82, 2.24) is 15.1 Å². The monoisotopic (exact) mass is 455 g/mol. The van der Waals surface area contributed by atoms with Crippen LogP contribution in [-0.4, -0.2) is 60.9 Å². The summed E-state index contributed by atoms with van der Waals surface area (Å²) in [7, 11) is 1.52. The van der Waals surface area contributed by atoms with Gasteiger partial charge in [-0.2, -0.15) is 0 Å². The summed E-state index contributed by atoms with van der Waals surface area (Å²) in [4.78, 5) is 30.5. The smallest absolute Gasteiger partial charge is 0.258 e. The summed E-state index contributed by atoms with van der Waals surface area (Å²) in [6.07, 6.45) is 3.81. The van der Waals surface area contributed by atoms with Gasteiger partial charge < -0.3 is 15.0 Å². The molecule has 0 radical (unpaired) electrons. The molecule has 2 fully saturated rings. The van der Waals surface area contributed by atoms with Crippen LogP contribution in [0.4, 0.5) is 0 Å². The van der Waals surface area contributed by atoms with Crippen LogP contribution >= 0.6 is 11.6 Å². The molecule has 0 aliphatic carbocycles. The number of halogens is 1. The van der Waals surface area contributed by atoms with Gasteiger partial charge in [0.1, 0.15) is 11.8 Å². The lowest BCUT2D eigenvalue weighted by atomic mass is 10.1. The highest BCUT2D eigenvalue weighted by Gasteiger charge is 2.36. The van der Waals surface area contributed by atoms with Crippen molar-refractivity contribution in [2.45, 2.75) is 37.8 Å². The molecule has 2 aliphatic heterocycles. The highest BCUT2D eigenvalue weighted by atomic mass is 35.5. The van der Waals surface area contributed by atoms with Crippen molar-refractivity contribution in [1.29, 1.82) is 0 Å². The molecule has 2 aromatic rings. The minimum Gasteiger partial charge on any atom is -0.496 e. The first-order valence-corrected chi connectivity index (χ1v) is 11.7. The Morgan fingerprint density at radius 3 is 2.56 bits per heavy atom. The molecule has 7 heteroatoms. The molecular weight excluding hydrogens is 426 g/mol. The summed E-state index contributed by atoms with van der Waals surface area (Å²) in [5, 5.41) is 3.61. The number of ether oxygens (including phenoxy) is 1. The van der Waals surface area contributed by atoms with E-state index in [-0.39, 0.29) is 17.9 Å². The lowest BCUT2D eigenvalue weighted by Gasteiger charge is -2.30. The van der Waals surface area contributed by atoms with E-state index in [1.54, 1.807) is 23.1 Å². The van der Waals surface area contributed by atoms with Crippen LogP contribution in [0.2, 0.25) is 5.02 Å². The van der Waals surface area contributed by atoms with Gasteiger partial charge in [0.05, 0.1) is 18.7 Å². The van der Waals surface area contributed by atoms with Gasteiger partial charge in [-0.15, -0.1) is 0 Å². The average Bonchev–Trinajstić information content (AvgIpc) is 3.52. The Labute approximate surface area is 194 Å². The number of carbonyl (C=O) groups excluding carboxylic acids is 2. The Hall–Kier alpha value is -2.57. The number of hydrogen-bond donors (Lipinski definition) is 1. The summed E-state index contributed by atoms with van der Waals surface area (Å²) >= 11 is 6.12. The second kappa shape index (κ2) is 10.4. The predicted molar refractivity (Wildman–Crippen MR) is 125 cm³/mol. The van der Waals surface area contributed by atoms with E-state index in [0.717, 1.165) is 19.5 Å². The number of rotatable bonds is 7. The van der Waals surface area contributed by atoms with Crippen molar-refractivity contribution in [3.63, 3.8) is 0 Å². The number of benzene rings is 2. The topological polar surface area (TPSA) is 61.9 Å². The second-order valence-corrected chi connectivity index (χ2v) is 8.85. The summed E-state index contributed by atoms with van der Waals surface area (Å²) in [6, 6.07) is 14.9. The fourth-order valence-electron chi connectivity index (χ4n) is 4.79. The van der Waals surface area contributed by atoms with Gasteiger partial charge in [0.25, 0.3) is 5.91 Å². The molecule has 0 saturated carbocycles. The molecule has 0 aromatic heterocycles. The molecule has 2 atom stereocenters. The normalized spacial score (nSPS) is 19.7. The first-order chi connectivity index (χ1) is 15.6. The zero-order chi connectivity index (χ0) is 22.5. The maximum atomic E-state index is 13.3. The molecule has 0 spiro atoms.